The topological polar surface area (TPSA) is 41.5 Å². The van der Waals surface area contributed by atoms with Crippen LogP contribution in [0.2, 0.25) is 0 Å². The molecule has 3 nitrogen and oxygen atoms in total. The van der Waals surface area contributed by atoms with E-state index in [9.17, 15) is 5.11 Å². The summed E-state index contributed by atoms with van der Waals surface area (Å²) in [6.07, 6.45) is -0.483. The van der Waals surface area contributed by atoms with E-state index in [0.717, 1.165) is 5.75 Å². The summed E-state index contributed by atoms with van der Waals surface area (Å²) < 4.78 is 5.78. The first kappa shape index (κ1) is 19.2. The molecule has 0 saturated carbocycles. The summed E-state index contributed by atoms with van der Waals surface area (Å²) in [4.78, 5) is 0. The van der Waals surface area contributed by atoms with E-state index >= 15 is 0 Å². The van der Waals surface area contributed by atoms with Crippen molar-refractivity contribution in [3.63, 3.8) is 0 Å². The molecule has 0 aliphatic heterocycles. The molecule has 1 rings (SSSR count). The van der Waals surface area contributed by atoms with E-state index in [-0.39, 0.29) is 12.4 Å². The van der Waals surface area contributed by atoms with Crippen molar-refractivity contribution in [1.29, 1.82) is 0 Å². The summed E-state index contributed by atoms with van der Waals surface area (Å²) in [6, 6.07) is 6.62. The summed E-state index contributed by atoms with van der Waals surface area (Å²) >= 11 is 0. The van der Waals surface area contributed by atoms with Gasteiger partial charge < -0.3 is 15.2 Å². The van der Waals surface area contributed by atoms with Crippen LogP contribution in [0.3, 0.4) is 0 Å². The number of aliphatic hydroxyl groups excluding tert-OH is 1. The van der Waals surface area contributed by atoms with Gasteiger partial charge in [0.1, 0.15) is 18.5 Å². The van der Waals surface area contributed by atoms with Crippen LogP contribution in [0.15, 0.2) is 18.2 Å². The highest BCUT2D eigenvalue weighted by Crippen LogP contribution is 2.27. The maximum atomic E-state index is 9.87. The Hall–Kier alpha value is -0.770. The molecular weight excluding hydrogens is 274 g/mol. The molecule has 1 atom stereocenters. The third kappa shape index (κ3) is 6.60. The number of rotatable bonds is 7. The molecule has 116 valence electrons. The second-order valence-electron chi connectivity index (χ2n) is 5.72. The van der Waals surface area contributed by atoms with E-state index in [4.69, 9.17) is 4.74 Å². The zero-order valence-electron chi connectivity index (χ0n) is 13.1. The van der Waals surface area contributed by atoms with E-state index in [1.807, 2.05) is 13.0 Å². The third-order valence-corrected chi connectivity index (χ3v) is 2.98. The second-order valence-corrected chi connectivity index (χ2v) is 5.72. The molecule has 0 aliphatic carbocycles. The van der Waals surface area contributed by atoms with Crippen LogP contribution in [0.25, 0.3) is 0 Å². The first-order valence-corrected chi connectivity index (χ1v) is 7.05. The van der Waals surface area contributed by atoms with E-state index < -0.39 is 6.10 Å². The van der Waals surface area contributed by atoms with E-state index in [1.165, 1.54) is 11.1 Å². The zero-order valence-corrected chi connectivity index (χ0v) is 14.0. The van der Waals surface area contributed by atoms with Gasteiger partial charge in [0.05, 0.1) is 0 Å². The fraction of sp³-hybridized carbons (Fsp3) is 0.625. The molecule has 20 heavy (non-hydrogen) atoms. The number of nitrogens with one attached hydrogen (secondary N) is 1. The highest BCUT2D eigenvalue weighted by atomic mass is 35.5. The molecule has 0 bridgehead atoms. The van der Waals surface area contributed by atoms with Crippen LogP contribution < -0.4 is 10.1 Å². The van der Waals surface area contributed by atoms with Gasteiger partial charge in [0.15, 0.2) is 0 Å². The lowest BCUT2D eigenvalue weighted by molar-refractivity contribution is 0.104. The molecule has 0 spiro atoms. The predicted molar refractivity (Wildman–Crippen MR) is 87.2 cm³/mol. The molecule has 0 radical (unpaired) electrons. The van der Waals surface area contributed by atoms with Gasteiger partial charge in [-0.1, -0.05) is 39.8 Å². The monoisotopic (exact) mass is 301 g/mol. The summed E-state index contributed by atoms with van der Waals surface area (Å²) in [6.45, 7) is 11.3. The highest BCUT2D eigenvalue weighted by Gasteiger charge is 2.11. The summed E-state index contributed by atoms with van der Waals surface area (Å²) in [5.41, 5.74) is 2.36. The molecule has 0 saturated heterocycles. The number of hydrogen-bond donors (Lipinski definition) is 2. The quantitative estimate of drug-likeness (QED) is 0.812. The minimum absolute atomic E-state index is 0. The number of hydrogen-bond acceptors (Lipinski definition) is 3. The smallest absolute Gasteiger partial charge is 0.123 e. The van der Waals surface area contributed by atoms with Gasteiger partial charge in [0.2, 0.25) is 0 Å². The van der Waals surface area contributed by atoms with Gasteiger partial charge in [-0.25, -0.2) is 0 Å². The van der Waals surface area contributed by atoms with Gasteiger partial charge in [-0.15, -0.1) is 12.4 Å². The third-order valence-electron chi connectivity index (χ3n) is 2.98. The normalized spacial score (nSPS) is 12.4. The molecule has 0 aromatic heterocycles. The Labute approximate surface area is 129 Å². The minimum atomic E-state index is -0.483. The van der Waals surface area contributed by atoms with Crippen molar-refractivity contribution in [2.24, 2.45) is 0 Å². The standard InChI is InChI=1S/C16H27NO2.ClH/c1-11(2)15-7-6-13(5)8-16(15)19-10-14(18)9-17-12(3)4;/h6-8,11-12,14,17-18H,9-10H2,1-5H3;1H. The molecule has 1 aromatic carbocycles. The first-order chi connectivity index (χ1) is 8.90. The van der Waals surface area contributed by atoms with Crippen molar-refractivity contribution in [3.05, 3.63) is 29.3 Å². The molecule has 1 unspecified atom stereocenters. The van der Waals surface area contributed by atoms with Gasteiger partial charge in [0, 0.05) is 12.6 Å². The van der Waals surface area contributed by atoms with Gasteiger partial charge >= 0.3 is 0 Å². The van der Waals surface area contributed by atoms with Crippen LogP contribution in [0.4, 0.5) is 0 Å². The maximum Gasteiger partial charge on any atom is 0.123 e. The van der Waals surface area contributed by atoms with Gasteiger partial charge in [-0.05, 0) is 30.0 Å². The van der Waals surface area contributed by atoms with Crippen molar-refractivity contribution in [2.75, 3.05) is 13.2 Å². The zero-order chi connectivity index (χ0) is 14.4. The lowest BCUT2D eigenvalue weighted by Crippen LogP contribution is -2.35. The Morgan fingerprint density at radius 3 is 2.40 bits per heavy atom. The van der Waals surface area contributed by atoms with Crippen molar-refractivity contribution >= 4 is 12.4 Å². The van der Waals surface area contributed by atoms with Crippen LogP contribution in [-0.2, 0) is 0 Å². The van der Waals surface area contributed by atoms with E-state index in [1.54, 1.807) is 0 Å². The van der Waals surface area contributed by atoms with Gasteiger partial charge in [0.25, 0.3) is 0 Å². The molecule has 0 heterocycles. The van der Waals surface area contributed by atoms with Crippen molar-refractivity contribution in [1.82, 2.24) is 5.32 Å². The molecule has 1 aromatic rings. The molecule has 0 aliphatic rings. The number of ether oxygens (including phenoxy) is 1. The number of aryl methyl sites for hydroxylation is 1. The first-order valence-electron chi connectivity index (χ1n) is 7.05. The molecular formula is C16H28ClNO2. The van der Waals surface area contributed by atoms with Crippen LogP contribution >= 0.6 is 12.4 Å². The predicted octanol–water partition coefficient (Wildman–Crippen LogP) is 3.28. The number of benzene rings is 1. The fourth-order valence-electron chi connectivity index (χ4n) is 1.86. The molecule has 0 fully saturated rings. The van der Waals surface area contributed by atoms with Crippen molar-refractivity contribution < 1.29 is 9.84 Å². The molecule has 0 amide bonds. The molecule has 2 N–H and O–H groups in total. The Balaban J connectivity index is 0.00000361. The number of aliphatic hydroxyl groups is 1. The van der Waals surface area contributed by atoms with Crippen LogP contribution in [0, 0.1) is 6.92 Å². The van der Waals surface area contributed by atoms with Crippen LogP contribution in [0.5, 0.6) is 5.75 Å². The van der Waals surface area contributed by atoms with Crippen molar-refractivity contribution in [3.8, 4) is 5.75 Å². The van der Waals surface area contributed by atoms with E-state index in [2.05, 4.69) is 45.1 Å². The summed E-state index contributed by atoms with van der Waals surface area (Å²) in [7, 11) is 0. The average molecular weight is 302 g/mol. The van der Waals surface area contributed by atoms with Crippen LogP contribution in [-0.4, -0.2) is 30.4 Å². The SMILES string of the molecule is Cc1ccc(C(C)C)c(OCC(O)CNC(C)C)c1.Cl. The summed E-state index contributed by atoms with van der Waals surface area (Å²) in [5.74, 6) is 1.31. The molecule has 4 heteroatoms. The lowest BCUT2D eigenvalue weighted by Gasteiger charge is -2.18. The minimum Gasteiger partial charge on any atom is -0.491 e. The lowest BCUT2D eigenvalue weighted by atomic mass is 10.0. The fourth-order valence-corrected chi connectivity index (χ4v) is 1.86. The Kier molecular flexibility index (Phi) is 8.86. The van der Waals surface area contributed by atoms with Crippen LogP contribution in [0.1, 0.15) is 44.7 Å². The Morgan fingerprint density at radius 2 is 1.85 bits per heavy atom. The Bertz CT molecular complexity index is 394. The van der Waals surface area contributed by atoms with Gasteiger partial charge in [-0.2, -0.15) is 0 Å². The second kappa shape index (κ2) is 9.22. The largest absolute Gasteiger partial charge is 0.491 e. The maximum absolute atomic E-state index is 9.87. The highest BCUT2D eigenvalue weighted by molar-refractivity contribution is 5.85. The summed E-state index contributed by atoms with van der Waals surface area (Å²) in [5, 5.41) is 13.1. The van der Waals surface area contributed by atoms with E-state index in [0.29, 0.717) is 25.1 Å². The average Bonchev–Trinajstić information content (AvgIpc) is 2.33. The number of halogens is 1. The van der Waals surface area contributed by atoms with Gasteiger partial charge in [-0.3, -0.25) is 0 Å². The Morgan fingerprint density at radius 1 is 1.20 bits per heavy atom. The van der Waals surface area contributed by atoms with Crippen molar-refractivity contribution in [2.45, 2.75) is 52.7 Å².